The first-order valence-corrected chi connectivity index (χ1v) is 10.1. The molecule has 1 N–H and O–H groups in total. The lowest BCUT2D eigenvalue weighted by Gasteiger charge is -2.25. The van der Waals surface area contributed by atoms with Crippen LogP contribution in [0.4, 0.5) is 10.1 Å². The van der Waals surface area contributed by atoms with Crippen LogP contribution in [0.2, 0.25) is 0 Å². The van der Waals surface area contributed by atoms with Gasteiger partial charge in [0.1, 0.15) is 18.2 Å². The number of carbonyl (C=O) groups is 2. The van der Waals surface area contributed by atoms with Crippen LogP contribution in [0.3, 0.4) is 0 Å². The molecule has 0 aliphatic carbocycles. The highest BCUT2D eigenvalue weighted by Gasteiger charge is 2.40. The van der Waals surface area contributed by atoms with E-state index in [0.29, 0.717) is 23.6 Å². The van der Waals surface area contributed by atoms with Crippen molar-refractivity contribution in [2.45, 2.75) is 31.9 Å². The van der Waals surface area contributed by atoms with Gasteiger partial charge in [-0.1, -0.05) is 30.3 Å². The van der Waals surface area contributed by atoms with Gasteiger partial charge in [0.25, 0.3) is 5.91 Å². The van der Waals surface area contributed by atoms with Crippen LogP contribution >= 0.6 is 0 Å². The summed E-state index contributed by atoms with van der Waals surface area (Å²) in [5, 5.41) is 9.43. The minimum Gasteiger partial charge on any atom is -0.489 e. The van der Waals surface area contributed by atoms with Gasteiger partial charge in [-0.3, -0.25) is 9.59 Å². The number of hydrogen-bond donors (Lipinski definition) is 1. The number of ether oxygens (including phenoxy) is 1. The van der Waals surface area contributed by atoms with E-state index in [0.717, 1.165) is 11.1 Å². The minimum atomic E-state index is -0.936. The second kappa shape index (κ2) is 8.60. The molecular weight excluding hydrogens is 397 g/mol. The van der Waals surface area contributed by atoms with Crippen molar-refractivity contribution >= 4 is 17.6 Å². The number of carboxylic acid groups (broad SMARTS) is 1. The highest BCUT2D eigenvalue weighted by atomic mass is 19.1. The van der Waals surface area contributed by atoms with Gasteiger partial charge in [-0.2, -0.15) is 0 Å². The van der Waals surface area contributed by atoms with Crippen molar-refractivity contribution in [3.8, 4) is 5.75 Å². The first kappa shape index (κ1) is 20.6. The van der Waals surface area contributed by atoms with Crippen molar-refractivity contribution in [2.24, 2.45) is 0 Å². The molecule has 158 valence electrons. The zero-order valence-electron chi connectivity index (χ0n) is 17.0. The summed E-state index contributed by atoms with van der Waals surface area (Å²) in [6.07, 6.45) is -0.108. The number of benzene rings is 3. The summed E-state index contributed by atoms with van der Waals surface area (Å²) < 4.78 is 19.2. The van der Waals surface area contributed by atoms with Crippen LogP contribution < -0.4 is 9.64 Å². The Bertz CT molecular complexity index is 1100. The molecule has 31 heavy (non-hydrogen) atoms. The summed E-state index contributed by atoms with van der Waals surface area (Å²) in [5.74, 6) is -1.41. The monoisotopic (exact) mass is 419 g/mol. The predicted molar refractivity (Wildman–Crippen MR) is 115 cm³/mol. The molecule has 2 unspecified atom stereocenters. The Hall–Kier alpha value is -3.67. The van der Waals surface area contributed by atoms with Crippen LogP contribution in [0.25, 0.3) is 0 Å². The summed E-state index contributed by atoms with van der Waals surface area (Å²) in [4.78, 5) is 26.3. The number of fused-ring (bicyclic) bond motifs is 1. The summed E-state index contributed by atoms with van der Waals surface area (Å²) in [7, 11) is 0. The molecule has 1 aliphatic rings. The van der Waals surface area contributed by atoms with E-state index < -0.39 is 11.8 Å². The molecule has 0 fully saturated rings. The van der Waals surface area contributed by atoms with Gasteiger partial charge in [-0.25, -0.2) is 4.39 Å². The molecule has 0 aromatic heterocycles. The normalized spacial score (nSPS) is 17.3. The Morgan fingerprint density at radius 3 is 2.42 bits per heavy atom. The molecule has 1 amide bonds. The van der Waals surface area contributed by atoms with Crippen LogP contribution in [0.5, 0.6) is 5.75 Å². The standard InChI is InChI=1S/C25H22FNO4/c1-16-21(14-24(28)29)22-13-20(31-15-17-5-3-2-4-6-17)11-12-23(22)27(16)25(30)18-7-9-19(26)10-8-18/h2-13,16,21H,14-15H2,1H3,(H,28,29). The van der Waals surface area contributed by atoms with Crippen LogP contribution in [0.1, 0.15) is 40.7 Å². The van der Waals surface area contributed by atoms with E-state index in [9.17, 15) is 19.1 Å². The van der Waals surface area contributed by atoms with Crippen molar-refractivity contribution < 1.29 is 23.8 Å². The Balaban J connectivity index is 1.65. The third-order valence-electron chi connectivity index (χ3n) is 5.60. The van der Waals surface area contributed by atoms with Gasteiger partial charge in [-0.15, -0.1) is 0 Å². The second-order valence-corrected chi connectivity index (χ2v) is 7.62. The van der Waals surface area contributed by atoms with Crippen molar-refractivity contribution in [3.63, 3.8) is 0 Å². The fraction of sp³-hybridized carbons (Fsp3) is 0.200. The summed E-state index contributed by atoms with van der Waals surface area (Å²) >= 11 is 0. The number of carbonyl (C=O) groups excluding carboxylic acids is 1. The lowest BCUT2D eigenvalue weighted by Crippen LogP contribution is -2.37. The van der Waals surface area contributed by atoms with Gasteiger partial charge >= 0.3 is 5.97 Å². The maximum atomic E-state index is 13.3. The van der Waals surface area contributed by atoms with Crippen molar-refractivity contribution in [1.82, 2.24) is 0 Å². The quantitative estimate of drug-likeness (QED) is 0.610. The molecule has 0 spiro atoms. The molecule has 0 saturated heterocycles. The van der Waals surface area contributed by atoms with Crippen molar-refractivity contribution in [2.75, 3.05) is 4.90 Å². The third kappa shape index (κ3) is 4.28. The number of aliphatic carboxylic acids is 1. The summed E-state index contributed by atoms with van der Waals surface area (Å²) in [5.41, 5.74) is 2.78. The summed E-state index contributed by atoms with van der Waals surface area (Å²) in [6.45, 7) is 2.22. The molecule has 6 heteroatoms. The number of amides is 1. The summed E-state index contributed by atoms with van der Waals surface area (Å²) in [6, 6.07) is 20.1. The molecule has 1 heterocycles. The van der Waals surface area contributed by atoms with Gasteiger partial charge in [-0.05, 0) is 60.5 Å². The SMILES string of the molecule is CC1C(CC(=O)O)c2cc(OCc3ccccc3)ccc2N1C(=O)c1ccc(F)cc1. The minimum absolute atomic E-state index is 0.108. The largest absolute Gasteiger partial charge is 0.489 e. The molecule has 2 atom stereocenters. The first-order chi connectivity index (χ1) is 14.9. The van der Waals surface area contributed by atoms with Gasteiger partial charge < -0.3 is 14.7 Å². The molecule has 0 bridgehead atoms. The maximum Gasteiger partial charge on any atom is 0.304 e. The van der Waals surface area contributed by atoms with Crippen LogP contribution in [-0.2, 0) is 11.4 Å². The molecule has 1 aliphatic heterocycles. The molecule has 5 nitrogen and oxygen atoms in total. The topological polar surface area (TPSA) is 66.8 Å². The number of rotatable bonds is 6. The van der Waals surface area contributed by atoms with E-state index in [1.807, 2.05) is 43.3 Å². The van der Waals surface area contributed by atoms with E-state index >= 15 is 0 Å². The molecule has 3 aromatic rings. The Morgan fingerprint density at radius 1 is 1.03 bits per heavy atom. The number of anilines is 1. The average Bonchev–Trinajstić information content (AvgIpc) is 3.03. The lowest BCUT2D eigenvalue weighted by atomic mass is 9.92. The fourth-order valence-corrected chi connectivity index (χ4v) is 4.03. The zero-order chi connectivity index (χ0) is 22.0. The average molecular weight is 419 g/mol. The molecular formula is C25H22FNO4. The second-order valence-electron chi connectivity index (χ2n) is 7.62. The zero-order valence-corrected chi connectivity index (χ0v) is 17.0. The third-order valence-corrected chi connectivity index (χ3v) is 5.60. The molecule has 0 saturated carbocycles. The molecule has 3 aromatic carbocycles. The number of nitrogens with zero attached hydrogens (tertiary/aromatic N) is 1. The lowest BCUT2D eigenvalue weighted by molar-refractivity contribution is -0.137. The van der Waals surface area contributed by atoms with E-state index in [2.05, 4.69) is 0 Å². The van der Waals surface area contributed by atoms with Crippen LogP contribution in [-0.4, -0.2) is 23.0 Å². The Labute approximate surface area is 179 Å². The van der Waals surface area contributed by atoms with Gasteiger partial charge in [0.2, 0.25) is 0 Å². The smallest absolute Gasteiger partial charge is 0.304 e. The van der Waals surface area contributed by atoms with Crippen molar-refractivity contribution in [3.05, 3.63) is 95.3 Å². The Morgan fingerprint density at radius 2 is 1.74 bits per heavy atom. The number of halogens is 1. The fourth-order valence-electron chi connectivity index (χ4n) is 4.03. The van der Waals surface area contributed by atoms with Gasteiger partial charge in [0.15, 0.2) is 0 Å². The maximum absolute atomic E-state index is 13.3. The number of carboxylic acids is 1. The highest BCUT2D eigenvalue weighted by Crippen LogP contribution is 2.45. The van der Waals surface area contributed by atoms with E-state index in [4.69, 9.17) is 4.74 Å². The van der Waals surface area contributed by atoms with E-state index in [1.54, 1.807) is 17.0 Å². The van der Waals surface area contributed by atoms with E-state index in [1.165, 1.54) is 24.3 Å². The van der Waals surface area contributed by atoms with Crippen molar-refractivity contribution in [1.29, 1.82) is 0 Å². The van der Waals surface area contributed by atoms with Gasteiger partial charge in [0.05, 0.1) is 6.42 Å². The van der Waals surface area contributed by atoms with Crippen LogP contribution in [0.15, 0.2) is 72.8 Å². The first-order valence-electron chi connectivity index (χ1n) is 10.1. The number of hydrogen-bond acceptors (Lipinski definition) is 3. The molecule has 4 rings (SSSR count). The van der Waals surface area contributed by atoms with Crippen LogP contribution in [0, 0.1) is 5.82 Å². The van der Waals surface area contributed by atoms with Gasteiger partial charge in [0, 0.05) is 23.2 Å². The molecule has 0 radical (unpaired) electrons. The Kier molecular flexibility index (Phi) is 5.71. The van der Waals surface area contributed by atoms with E-state index in [-0.39, 0.29) is 24.3 Å². The predicted octanol–water partition coefficient (Wildman–Crippen LogP) is 5.01. The highest BCUT2D eigenvalue weighted by molar-refractivity contribution is 6.08.